The molecule has 5 aromatic carbocycles. The van der Waals surface area contributed by atoms with E-state index in [0.717, 1.165) is 82.6 Å². The molecule has 0 atom stereocenters. The van der Waals surface area contributed by atoms with Crippen molar-refractivity contribution in [2.75, 3.05) is 0 Å². The van der Waals surface area contributed by atoms with Crippen LogP contribution in [0.3, 0.4) is 0 Å². The first-order chi connectivity index (χ1) is 26.7. The Kier molecular flexibility index (Phi) is 7.34. The summed E-state index contributed by atoms with van der Waals surface area (Å²) >= 11 is 0. The van der Waals surface area contributed by atoms with Gasteiger partial charge in [0.05, 0.1) is 33.7 Å². The van der Waals surface area contributed by atoms with Gasteiger partial charge in [-0.05, 0) is 71.8 Å². The second kappa shape index (κ2) is 12.8. The van der Waals surface area contributed by atoms with E-state index in [1.807, 2.05) is 73.1 Å². The van der Waals surface area contributed by atoms with Crippen LogP contribution in [-0.2, 0) is 0 Å². The zero-order chi connectivity index (χ0) is 36.0. The Bertz CT molecular complexity index is 2950. The van der Waals surface area contributed by atoms with Crippen LogP contribution in [0.1, 0.15) is 5.56 Å². The van der Waals surface area contributed by atoms with Crippen LogP contribution in [0, 0.1) is 11.3 Å². The molecule has 0 aliphatic carbocycles. The molecule has 5 aromatic heterocycles. The Morgan fingerprint density at radius 1 is 0.352 bits per heavy atom. The second-order valence-corrected chi connectivity index (χ2v) is 13.0. The van der Waals surface area contributed by atoms with Gasteiger partial charge in [0, 0.05) is 74.1 Å². The molecule has 5 heterocycles. The van der Waals surface area contributed by atoms with Gasteiger partial charge in [-0.2, -0.15) is 5.26 Å². The molecule has 250 valence electrons. The normalized spacial score (nSPS) is 11.3. The quantitative estimate of drug-likeness (QED) is 0.164. The smallest absolute Gasteiger partial charge is 0.164 e. The van der Waals surface area contributed by atoms with E-state index in [1.165, 1.54) is 0 Å². The van der Waals surface area contributed by atoms with Crippen molar-refractivity contribution in [2.24, 2.45) is 0 Å². The highest BCUT2D eigenvalue weighted by atomic mass is 15.0. The first kappa shape index (κ1) is 31.0. The molecular weight excluding hydrogens is 665 g/mol. The molecule has 10 aromatic rings. The van der Waals surface area contributed by atoms with Gasteiger partial charge in [0.15, 0.2) is 17.5 Å². The number of hydrogen-bond donors (Lipinski definition) is 0. The van der Waals surface area contributed by atoms with Crippen LogP contribution in [-0.4, -0.2) is 34.9 Å². The summed E-state index contributed by atoms with van der Waals surface area (Å²) < 4.78 is 0. The largest absolute Gasteiger partial charge is 0.254 e. The third-order valence-electron chi connectivity index (χ3n) is 9.66. The minimum atomic E-state index is 0.508. The van der Waals surface area contributed by atoms with Crippen molar-refractivity contribution in [3.63, 3.8) is 0 Å². The first-order valence-electron chi connectivity index (χ1n) is 17.4. The maximum absolute atomic E-state index is 9.43. The van der Waals surface area contributed by atoms with Crippen molar-refractivity contribution in [3.8, 4) is 62.5 Å². The van der Waals surface area contributed by atoms with Crippen LogP contribution in [0.15, 0.2) is 158 Å². The highest BCUT2D eigenvalue weighted by molar-refractivity contribution is 6.04. The summed E-state index contributed by atoms with van der Waals surface area (Å²) in [4.78, 5) is 33.8. The summed E-state index contributed by atoms with van der Waals surface area (Å²) in [7, 11) is 0. The molecule has 8 nitrogen and oxygen atoms in total. The van der Waals surface area contributed by atoms with Gasteiger partial charge in [0.25, 0.3) is 0 Å². The maximum Gasteiger partial charge on any atom is 0.164 e. The third kappa shape index (κ3) is 5.54. The van der Waals surface area contributed by atoms with Gasteiger partial charge in [-0.3, -0.25) is 19.9 Å². The minimum absolute atomic E-state index is 0.508. The molecule has 0 unspecified atom stereocenters. The molecule has 0 fully saturated rings. The van der Waals surface area contributed by atoms with E-state index in [1.54, 1.807) is 24.5 Å². The van der Waals surface area contributed by atoms with E-state index in [2.05, 4.69) is 76.7 Å². The summed E-state index contributed by atoms with van der Waals surface area (Å²) in [5.41, 5.74) is 10.4. The summed E-state index contributed by atoms with van der Waals surface area (Å²) in [6.45, 7) is 0. The monoisotopic (exact) mass is 690 g/mol. The Balaban J connectivity index is 1.07. The van der Waals surface area contributed by atoms with Crippen molar-refractivity contribution in [3.05, 3.63) is 164 Å². The van der Waals surface area contributed by atoms with Crippen LogP contribution in [0.2, 0.25) is 0 Å². The Labute approximate surface area is 309 Å². The minimum Gasteiger partial charge on any atom is -0.254 e. The molecule has 0 saturated carbocycles. The van der Waals surface area contributed by atoms with Gasteiger partial charge in [-0.1, -0.05) is 72.8 Å². The third-order valence-corrected chi connectivity index (χ3v) is 9.66. The fraction of sp³-hybridized carbons (Fsp3) is 0. The number of fused-ring (bicyclic) bond motifs is 6. The lowest BCUT2D eigenvalue weighted by molar-refractivity contribution is 1.07. The summed E-state index contributed by atoms with van der Waals surface area (Å²) in [6.07, 6.45) is 7.38. The van der Waals surface area contributed by atoms with E-state index in [4.69, 9.17) is 24.9 Å². The van der Waals surface area contributed by atoms with Crippen molar-refractivity contribution in [1.29, 1.82) is 5.26 Å². The van der Waals surface area contributed by atoms with Gasteiger partial charge in [0.2, 0.25) is 0 Å². The summed E-state index contributed by atoms with van der Waals surface area (Å²) in [5, 5.41) is 13.6. The summed E-state index contributed by atoms with van der Waals surface area (Å²) in [6, 6.07) is 46.4. The van der Waals surface area contributed by atoms with Crippen LogP contribution in [0.4, 0.5) is 0 Å². The second-order valence-electron chi connectivity index (χ2n) is 13.0. The van der Waals surface area contributed by atoms with Gasteiger partial charge < -0.3 is 0 Å². The zero-order valence-corrected chi connectivity index (χ0v) is 28.6. The zero-order valence-electron chi connectivity index (χ0n) is 28.6. The average molecular weight is 691 g/mol. The fourth-order valence-corrected chi connectivity index (χ4v) is 6.92. The molecule has 0 radical (unpaired) electrons. The number of pyridine rings is 4. The topological polar surface area (TPSA) is 114 Å². The molecular formula is C46H26N8. The molecule has 0 bridgehead atoms. The molecule has 54 heavy (non-hydrogen) atoms. The van der Waals surface area contributed by atoms with Crippen molar-refractivity contribution in [1.82, 2.24) is 34.9 Å². The van der Waals surface area contributed by atoms with Crippen molar-refractivity contribution in [2.45, 2.75) is 0 Å². The van der Waals surface area contributed by atoms with Crippen LogP contribution >= 0.6 is 0 Å². The van der Waals surface area contributed by atoms with Crippen molar-refractivity contribution < 1.29 is 0 Å². The number of rotatable bonds is 5. The number of aromatic nitrogens is 7. The highest BCUT2D eigenvalue weighted by Crippen LogP contribution is 2.33. The van der Waals surface area contributed by atoms with Crippen LogP contribution in [0.5, 0.6) is 0 Å². The van der Waals surface area contributed by atoms with E-state index < -0.39 is 0 Å². The SMILES string of the molecule is N#Cc1ccc(-c2nc(-c3cccc(-c4cnc5c(ccc6cccnc65)c4)c3)nc(-c3cccc(-c4cnc5c(ccc6cccnc65)c4)c3)n2)cc1. The molecule has 0 saturated heterocycles. The molecule has 10 rings (SSSR count). The lowest BCUT2D eigenvalue weighted by Crippen LogP contribution is -2.00. The molecule has 0 spiro atoms. The molecule has 0 aliphatic rings. The number of nitriles is 1. The number of nitrogens with zero attached hydrogens (tertiary/aromatic N) is 8. The molecule has 0 N–H and O–H groups in total. The van der Waals surface area contributed by atoms with E-state index in [-0.39, 0.29) is 0 Å². The van der Waals surface area contributed by atoms with Gasteiger partial charge in [-0.25, -0.2) is 15.0 Å². The Morgan fingerprint density at radius 2 is 0.796 bits per heavy atom. The predicted octanol–water partition coefficient (Wildman–Crippen LogP) is 10.3. The average Bonchev–Trinajstić information content (AvgIpc) is 3.26. The Hall–Kier alpha value is -7.76. The van der Waals surface area contributed by atoms with E-state index >= 15 is 0 Å². The highest BCUT2D eigenvalue weighted by Gasteiger charge is 2.15. The van der Waals surface area contributed by atoms with Crippen LogP contribution in [0.25, 0.3) is 100 Å². The van der Waals surface area contributed by atoms with Crippen molar-refractivity contribution >= 4 is 43.6 Å². The molecule has 8 heteroatoms. The Morgan fingerprint density at radius 3 is 1.30 bits per heavy atom. The van der Waals surface area contributed by atoms with E-state index in [0.29, 0.717) is 23.0 Å². The van der Waals surface area contributed by atoms with Gasteiger partial charge in [-0.15, -0.1) is 0 Å². The first-order valence-corrected chi connectivity index (χ1v) is 17.4. The molecule has 0 aliphatic heterocycles. The fourth-order valence-electron chi connectivity index (χ4n) is 6.92. The maximum atomic E-state index is 9.43. The lowest BCUT2D eigenvalue weighted by Gasteiger charge is -2.11. The standard InChI is InChI=1S/C46H26N8/c47-25-28-11-13-31(14-12-28)44-52-45(36-7-1-5-32(21-36)38-23-34-17-15-29-9-3-19-48-40(29)42(34)50-26-38)54-46(53-44)37-8-2-6-33(22-37)39-24-35-18-16-30-10-4-20-49-41(30)43(35)51-27-39/h1-24,26-27H. The van der Waals surface area contributed by atoms with Gasteiger partial charge in [0.1, 0.15) is 0 Å². The van der Waals surface area contributed by atoms with E-state index in [9.17, 15) is 5.26 Å². The summed E-state index contributed by atoms with van der Waals surface area (Å²) in [5.74, 6) is 1.57. The predicted molar refractivity (Wildman–Crippen MR) is 213 cm³/mol. The number of hydrogen-bond acceptors (Lipinski definition) is 8. The van der Waals surface area contributed by atoms with Crippen LogP contribution < -0.4 is 0 Å². The number of benzene rings is 5. The van der Waals surface area contributed by atoms with Gasteiger partial charge >= 0.3 is 0 Å². The molecule has 0 amide bonds. The lowest BCUT2D eigenvalue weighted by atomic mass is 10.0.